The molecule has 0 aromatic heterocycles. The Kier molecular flexibility index (Phi) is 4.59. The van der Waals surface area contributed by atoms with Crippen molar-refractivity contribution in [1.82, 2.24) is 0 Å². The highest BCUT2D eigenvalue weighted by Crippen LogP contribution is 2.15. The topological polar surface area (TPSA) is 60.2 Å². The van der Waals surface area contributed by atoms with E-state index >= 15 is 0 Å². The minimum atomic E-state index is -3.42. The molecule has 0 aliphatic heterocycles. The van der Waals surface area contributed by atoms with Gasteiger partial charge in [0.2, 0.25) is 0 Å². The third-order valence-electron chi connectivity index (χ3n) is 2.48. The summed E-state index contributed by atoms with van der Waals surface area (Å²) in [7, 11) is -3.42. The van der Waals surface area contributed by atoms with Crippen LogP contribution in [0.2, 0.25) is 0 Å². The maximum atomic E-state index is 12.9. The molecule has 0 radical (unpaired) electrons. The van der Waals surface area contributed by atoms with Crippen molar-refractivity contribution >= 4 is 9.84 Å². The molecule has 0 heterocycles. The van der Waals surface area contributed by atoms with E-state index in [1.54, 1.807) is 0 Å². The van der Waals surface area contributed by atoms with Gasteiger partial charge < -0.3 is 5.73 Å². The van der Waals surface area contributed by atoms with Gasteiger partial charge in [0.05, 0.1) is 11.0 Å². The standard InChI is InChI=1S/C11H15F2NO2S/c1-8(2-3-14)17(15,16)7-9-4-10(12)6-11(13)5-9/h4-6,8H,2-3,7,14H2,1H3. The molecule has 1 rings (SSSR count). The Morgan fingerprint density at radius 1 is 1.24 bits per heavy atom. The molecule has 2 N–H and O–H groups in total. The fraction of sp³-hybridized carbons (Fsp3) is 0.455. The Hall–Kier alpha value is -1.01. The summed E-state index contributed by atoms with van der Waals surface area (Å²) in [5.74, 6) is -1.92. The van der Waals surface area contributed by atoms with Crippen LogP contribution in [0.5, 0.6) is 0 Å². The lowest BCUT2D eigenvalue weighted by Crippen LogP contribution is -2.22. The summed E-state index contributed by atoms with van der Waals surface area (Å²) in [4.78, 5) is 0. The zero-order valence-corrected chi connectivity index (χ0v) is 10.3. The third kappa shape index (κ3) is 4.05. The van der Waals surface area contributed by atoms with Crippen molar-refractivity contribution in [2.75, 3.05) is 6.54 Å². The van der Waals surface area contributed by atoms with E-state index in [0.717, 1.165) is 12.1 Å². The van der Waals surface area contributed by atoms with Gasteiger partial charge in [-0.2, -0.15) is 0 Å². The number of benzene rings is 1. The van der Waals surface area contributed by atoms with Gasteiger partial charge in [-0.1, -0.05) is 0 Å². The zero-order valence-electron chi connectivity index (χ0n) is 9.49. The molecule has 0 saturated heterocycles. The lowest BCUT2D eigenvalue weighted by Gasteiger charge is -2.11. The maximum Gasteiger partial charge on any atom is 0.157 e. The molecule has 0 aliphatic rings. The highest BCUT2D eigenvalue weighted by molar-refractivity contribution is 7.91. The molecule has 96 valence electrons. The first-order valence-electron chi connectivity index (χ1n) is 5.22. The van der Waals surface area contributed by atoms with Crippen molar-refractivity contribution in [3.05, 3.63) is 35.4 Å². The number of sulfone groups is 1. The summed E-state index contributed by atoms with van der Waals surface area (Å²) in [5, 5.41) is -0.612. The van der Waals surface area contributed by atoms with Crippen LogP contribution in [0.15, 0.2) is 18.2 Å². The van der Waals surface area contributed by atoms with Gasteiger partial charge in [0.1, 0.15) is 11.6 Å². The van der Waals surface area contributed by atoms with Crippen molar-refractivity contribution in [2.45, 2.75) is 24.3 Å². The van der Waals surface area contributed by atoms with Gasteiger partial charge in [-0.15, -0.1) is 0 Å². The molecule has 0 spiro atoms. The minimum Gasteiger partial charge on any atom is -0.330 e. The van der Waals surface area contributed by atoms with E-state index < -0.39 is 26.7 Å². The summed E-state index contributed by atoms with van der Waals surface area (Å²) >= 11 is 0. The summed E-state index contributed by atoms with van der Waals surface area (Å²) in [5.41, 5.74) is 5.40. The Labute approximate surface area is 99.6 Å². The lowest BCUT2D eigenvalue weighted by atomic mass is 10.2. The lowest BCUT2D eigenvalue weighted by molar-refractivity contribution is 0.572. The molecule has 17 heavy (non-hydrogen) atoms. The maximum absolute atomic E-state index is 12.9. The minimum absolute atomic E-state index is 0.117. The summed E-state index contributed by atoms with van der Waals surface area (Å²) in [6, 6.07) is 2.75. The van der Waals surface area contributed by atoms with E-state index in [0.29, 0.717) is 12.5 Å². The number of hydrogen-bond acceptors (Lipinski definition) is 3. The molecular weight excluding hydrogens is 248 g/mol. The Morgan fingerprint density at radius 2 is 1.76 bits per heavy atom. The predicted octanol–water partition coefficient (Wildman–Crippen LogP) is 1.62. The predicted molar refractivity (Wildman–Crippen MR) is 62.1 cm³/mol. The molecule has 0 fully saturated rings. The van der Waals surface area contributed by atoms with Gasteiger partial charge >= 0.3 is 0 Å². The summed E-state index contributed by atoms with van der Waals surface area (Å²) in [6.07, 6.45) is 0.333. The molecule has 6 heteroatoms. The van der Waals surface area contributed by atoms with E-state index in [-0.39, 0.29) is 17.9 Å². The molecule has 1 aromatic carbocycles. The van der Waals surface area contributed by atoms with Crippen molar-refractivity contribution in [2.24, 2.45) is 5.73 Å². The van der Waals surface area contributed by atoms with Gasteiger partial charge in [-0.3, -0.25) is 0 Å². The van der Waals surface area contributed by atoms with E-state index in [1.807, 2.05) is 0 Å². The van der Waals surface area contributed by atoms with E-state index in [4.69, 9.17) is 5.73 Å². The summed E-state index contributed by atoms with van der Waals surface area (Å²) < 4.78 is 49.4. The van der Waals surface area contributed by atoms with E-state index in [2.05, 4.69) is 0 Å². The first-order chi connectivity index (χ1) is 7.85. The van der Waals surface area contributed by atoms with Crippen LogP contribution in [-0.2, 0) is 15.6 Å². The Bertz CT molecular complexity index is 468. The first kappa shape index (κ1) is 14.1. The number of rotatable bonds is 5. The van der Waals surface area contributed by atoms with Crippen molar-refractivity contribution < 1.29 is 17.2 Å². The average Bonchev–Trinajstić information content (AvgIpc) is 2.15. The van der Waals surface area contributed by atoms with Gasteiger partial charge in [0.25, 0.3) is 0 Å². The van der Waals surface area contributed by atoms with Crippen LogP contribution < -0.4 is 5.73 Å². The second-order valence-electron chi connectivity index (χ2n) is 3.97. The zero-order chi connectivity index (χ0) is 13.1. The highest BCUT2D eigenvalue weighted by atomic mass is 32.2. The third-order valence-corrected chi connectivity index (χ3v) is 4.67. The van der Waals surface area contributed by atoms with E-state index in [9.17, 15) is 17.2 Å². The van der Waals surface area contributed by atoms with E-state index in [1.165, 1.54) is 6.92 Å². The number of nitrogens with two attached hydrogens (primary N) is 1. The Morgan fingerprint density at radius 3 is 2.24 bits per heavy atom. The molecule has 3 nitrogen and oxygen atoms in total. The second-order valence-corrected chi connectivity index (χ2v) is 6.39. The normalized spacial score (nSPS) is 13.6. The second kappa shape index (κ2) is 5.55. The largest absolute Gasteiger partial charge is 0.330 e. The molecule has 0 amide bonds. The summed E-state index contributed by atoms with van der Waals surface area (Å²) in [6.45, 7) is 1.80. The van der Waals surface area contributed by atoms with Crippen LogP contribution in [-0.4, -0.2) is 20.2 Å². The number of hydrogen-bond donors (Lipinski definition) is 1. The highest BCUT2D eigenvalue weighted by Gasteiger charge is 2.21. The van der Waals surface area contributed by atoms with Gasteiger partial charge in [0, 0.05) is 6.07 Å². The first-order valence-corrected chi connectivity index (χ1v) is 6.93. The molecular formula is C11H15F2NO2S. The molecule has 1 atom stereocenters. The van der Waals surface area contributed by atoms with Gasteiger partial charge in [-0.05, 0) is 37.6 Å². The van der Waals surface area contributed by atoms with Crippen LogP contribution in [0.1, 0.15) is 18.9 Å². The van der Waals surface area contributed by atoms with Crippen LogP contribution in [0, 0.1) is 11.6 Å². The van der Waals surface area contributed by atoms with Gasteiger partial charge in [-0.25, -0.2) is 17.2 Å². The molecule has 0 aliphatic carbocycles. The van der Waals surface area contributed by atoms with Crippen LogP contribution in [0.3, 0.4) is 0 Å². The number of halogens is 2. The van der Waals surface area contributed by atoms with Crippen molar-refractivity contribution in [3.63, 3.8) is 0 Å². The molecule has 1 unspecified atom stereocenters. The fourth-order valence-electron chi connectivity index (χ4n) is 1.48. The van der Waals surface area contributed by atoms with Crippen LogP contribution in [0.25, 0.3) is 0 Å². The fourth-order valence-corrected chi connectivity index (χ4v) is 2.89. The molecule has 0 saturated carbocycles. The monoisotopic (exact) mass is 263 g/mol. The SMILES string of the molecule is CC(CCN)S(=O)(=O)Cc1cc(F)cc(F)c1. The molecule has 1 aromatic rings. The van der Waals surface area contributed by atoms with Crippen LogP contribution in [0.4, 0.5) is 8.78 Å². The quantitative estimate of drug-likeness (QED) is 0.878. The molecule has 0 bridgehead atoms. The van der Waals surface area contributed by atoms with Crippen molar-refractivity contribution in [1.29, 1.82) is 0 Å². The van der Waals surface area contributed by atoms with Crippen LogP contribution >= 0.6 is 0 Å². The smallest absolute Gasteiger partial charge is 0.157 e. The van der Waals surface area contributed by atoms with Crippen molar-refractivity contribution in [3.8, 4) is 0 Å². The van der Waals surface area contributed by atoms with Gasteiger partial charge in [0.15, 0.2) is 9.84 Å². The Balaban J connectivity index is 2.90. The average molecular weight is 263 g/mol.